The molecule has 9 heteroatoms. The first kappa shape index (κ1) is 28.4. The van der Waals surface area contributed by atoms with Gasteiger partial charge in [0.25, 0.3) is 10.0 Å². The molecule has 1 atom stereocenters. The van der Waals surface area contributed by atoms with E-state index in [4.69, 9.17) is 4.74 Å². The van der Waals surface area contributed by atoms with Gasteiger partial charge in [-0.25, -0.2) is 13.2 Å². The van der Waals surface area contributed by atoms with Crippen molar-refractivity contribution < 1.29 is 17.9 Å². The van der Waals surface area contributed by atoms with Crippen LogP contribution in [0.15, 0.2) is 77.7 Å². The maximum atomic E-state index is 13.1. The summed E-state index contributed by atoms with van der Waals surface area (Å²) in [5.74, 6) is 1.47. The van der Waals surface area contributed by atoms with Gasteiger partial charge in [0.1, 0.15) is 5.75 Å². The monoisotopic (exact) mass is 550 g/mol. The molecule has 4 N–H and O–H groups in total. The standard InChI is InChI=1S/C30H38N4O4S/c1-22(20-23-8-4-3-5-9-23)31-21-24-10-6-7-11-29(24)34-39(36,37)28-18-14-26(15-19-28)33-30(35)32-25-12-16-27(38-2)17-13-25/h6-7,10-19,22-23,31,34H,3-5,8-9,20-21H2,1-2H3,(H2,32,33,35)/t22-/m0/s1. The van der Waals surface area contributed by atoms with Gasteiger partial charge in [0.15, 0.2) is 0 Å². The molecule has 0 heterocycles. The van der Waals surface area contributed by atoms with Gasteiger partial charge < -0.3 is 20.7 Å². The number of nitrogens with one attached hydrogen (secondary N) is 4. The van der Waals surface area contributed by atoms with Crippen molar-refractivity contribution >= 4 is 33.1 Å². The number of rotatable bonds is 11. The topological polar surface area (TPSA) is 109 Å². The first-order chi connectivity index (χ1) is 18.8. The number of hydrogen-bond donors (Lipinski definition) is 4. The molecule has 3 aromatic carbocycles. The molecule has 0 saturated heterocycles. The van der Waals surface area contributed by atoms with E-state index in [0.717, 1.165) is 17.9 Å². The lowest BCUT2D eigenvalue weighted by Crippen LogP contribution is -2.29. The number of ether oxygens (including phenoxy) is 1. The van der Waals surface area contributed by atoms with Crippen LogP contribution in [0.2, 0.25) is 0 Å². The molecule has 4 rings (SSSR count). The summed E-state index contributed by atoms with van der Waals surface area (Å²) in [6, 6.07) is 20.4. The van der Waals surface area contributed by atoms with Crippen molar-refractivity contribution in [1.82, 2.24) is 5.32 Å². The molecule has 208 valence electrons. The molecular weight excluding hydrogens is 512 g/mol. The highest BCUT2D eigenvalue weighted by Crippen LogP contribution is 2.28. The minimum atomic E-state index is -3.82. The Hall–Kier alpha value is -3.56. The fourth-order valence-electron chi connectivity index (χ4n) is 4.95. The Kier molecular flexibility index (Phi) is 9.84. The summed E-state index contributed by atoms with van der Waals surface area (Å²) in [6.45, 7) is 2.78. The van der Waals surface area contributed by atoms with E-state index >= 15 is 0 Å². The van der Waals surface area contributed by atoms with Crippen molar-refractivity contribution in [3.63, 3.8) is 0 Å². The zero-order valence-corrected chi connectivity index (χ0v) is 23.4. The van der Waals surface area contributed by atoms with Crippen LogP contribution in [0.5, 0.6) is 5.75 Å². The Morgan fingerprint density at radius 1 is 0.897 bits per heavy atom. The third-order valence-corrected chi connectivity index (χ3v) is 8.47. The number of methoxy groups -OCH3 is 1. The van der Waals surface area contributed by atoms with E-state index in [1.807, 2.05) is 18.2 Å². The van der Waals surface area contributed by atoms with Gasteiger partial charge in [0.05, 0.1) is 17.7 Å². The normalized spacial score (nSPS) is 14.8. The number of para-hydroxylation sites is 1. The molecule has 3 aromatic rings. The van der Waals surface area contributed by atoms with Crippen LogP contribution in [-0.4, -0.2) is 27.6 Å². The fourth-order valence-corrected chi connectivity index (χ4v) is 6.05. The molecular formula is C30H38N4O4S. The van der Waals surface area contributed by atoms with Crippen molar-refractivity contribution in [2.45, 2.75) is 62.9 Å². The van der Waals surface area contributed by atoms with E-state index in [1.54, 1.807) is 49.6 Å². The highest BCUT2D eigenvalue weighted by atomic mass is 32.2. The van der Waals surface area contributed by atoms with E-state index in [1.165, 1.54) is 44.2 Å². The Bertz CT molecular complexity index is 1320. The Labute approximate surface area is 231 Å². The third-order valence-electron chi connectivity index (χ3n) is 7.08. The number of carbonyl (C=O) groups is 1. The lowest BCUT2D eigenvalue weighted by atomic mass is 9.85. The van der Waals surface area contributed by atoms with Crippen molar-refractivity contribution in [2.75, 3.05) is 22.5 Å². The summed E-state index contributed by atoms with van der Waals surface area (Å²) in [5.41, 5.74) is 2.52. The van der Waals surface area contributed by atoms with E-state index in [2.05, 4.69) is 27.6 Å². The van der Waals surface area contributed by atoms with Crippen LogP contribution >= 0.6 is 0 Å². The van der Waals surface area contributed by atoms with Gasteiger partial charge in [-0.1, -0.05) is 50.3 Å². The van der Waals surface area contributed by atoms with Gasteiger partial charge in [0.2, 0.25) is 0 Å². The summed E-state index contributed by atoms with van der Waals surface area (Å²) in [6.07, 6.45) is 7.78. The fraction of sp³-hybridized carbons (Fsp3) is 0.367. The van der Waals surface area contributed by atoms with Gasteiger partial charge in [0, 0.05) is 24.0 Å². The average Bonchev–Trinajstić information content (AvgIpc) is 2.93. The number of hydrogen-bond acceptors (Lipinski definition) is 5. The summed E-state index contributed by atoms with van der Waals surface area (Å²) in [4.78, 5) is 12.4. The number of anilines is 3. The molecule has 2 amide bonds. The maximum absolute atomic E-state index is 13.1. The van der Waals surface area contributed by atoms with Crippen molar-refractivity contribution in [2.24, 2.45) is 5.92 Å². The summed E-state index contributed by atoms with van der Waals surface area (Å²) in [7, 11) is -2.24. The van der Waals surface area contributed by atoms with Gasteiger partial charge in [-0.15, -0.1) is 0 Å². The SMILES string of the molecule is COc1ccc(NC(=O)Nc2ccc(S(=O)(=O)Nc3ccccc3CN[C@@H](C)CC3CCCCC3)cc2)cc1. The molecule has 0 aromatic heterocycles. The van der Waals surface area contributed by atoms with Crippen LogP contribution in [0, 0.1) is 5.92 Å². The zero-order chi connectivity index (χ0) is 27.7. The number of amides is 2. The number of sulfonamides is 1. The number of benzene rings is 3. The van der Waals surface area contributed by atoms with Crippen LogP contribution in [0.1, 0.15) is 51.0 Å². The second-order valence-corrected chi connectivity index (χ2v) is 11.8. The zero-order valence-electron chi connectivity index (χ0n) is 22.6. The molecule has 0 radical (unpaired) electrons. The predicted molar refractivity (Wildman–Crippen MR) is 157 cm³/mol. The molecule has 1 aliphatic carbocycles. The van der Waals surface area contributed by atoms with Gasteiger partial charge in [-0.3, -0.25) is 4.72 Å². The molecule has 1 aliphatic rings. The van der Waals surface area contributed by atoms with Crippen LogP contribution in [0.3, 0.4) is 0 Å². The highest BCUT2D eigenvalue weighted by Gasteiger charge is 2.18. The minimum absolute atomic E-state index is 0.108. The molecule has 0 aliphatic heterocycles. The van der Waals surface area contributed by atoms with Crippen molar-refractivity contribution in [1.29, 1.82) is 0 Å². The Morgan fingerprint density at radius 3 is 2.15 bits per heavy atom. The first-order valence-electron chi connectivity index (χ1n) is 13.5. The molecule has 0 spiro atoms. The van der Waals surface area contributed by atoms with Crippen molar-refractivity contribution in [3.05, 3.63) is 78.4 Å². The van der Waals surface area contributed by atoms with E-state index in [0.29, 0.717) is 35.4 Å². The molecule has 0 unspecified atom stereocenters. The van der Waals surface area contributed by atoms with E-state index in [-0.39, 0.29) is 4.90 Å². The lowest BCUT2D eigenvalue weighted by molar-refractivity contribution is 0.262. The highest BCUT2D eigenvalue weighted by molar-refractivity contribution is 7.92. The van der Waals surface area contributed by atoms with Crippen LogP contribution < -0.4 is 25.4 Å². The molecule has 39 heavy (non-hydrogen) atoms. The molecule has 8 nitrogen and oxygen atoms in total. The van der Waals surface area contributed by atoms with Crippen LogP contribution in [-0.2, 0) is 16.6 Å². The average molecular weight is 551 g/mol. The lowest BCUT2D eigenvalue weighted by Gasteiger charge is -2.25. The number of carbonyl (C=O) groups excluding carboxylic acids is 1. The second kappa shape index (κ2) is 13.5. The predicted octanol–water partition coefficient (Wildman–Crippen LogP) is 6.59. The van der Waals surface area contributed by atoms with Gasteiger partial charge in [-0.2, -0.15) is 0 Å². The number of urea groups is 1. The third kappa shape index (κ3) is 8.46. The Morgan fingerprint density at radius 2 is 1.51 bits per heavy atom. The van der Waals surface area contributed by atoms with Crippen molar-refractivity contribution in [3.8, 4) is 5.75 Å². The maximum Gasteiger partial charge on any atom is 0.323 e. The molecule has 0 bridgehead atoms. The Balaban J connectivity index is 1.33. The first-order valence-corrected chi connectivity index (χ1v) is 15.0. The largest absolute Gasteiger partial charge is 0.497 e. The summed E-state index contributed by atoms with van der Waals surface area (Å²) < 4.78 is 34.1. The van der Waals surface area contributed by atoms with Gasteiger partial charge in [-0.05, 0) is 79.4 Å². The van der Waals surface area contributed by atoms with Gasteiger partial charge >= 0.3 is 6.03 Å². The van der Waals surface area contributed by atoms with E-state index in [9.17, 15) is 13.2 Å². The summed E-state index contributed by atoms with van der Waals surface area (Å²) >= 11 is 0. The smallest absolute Gasteiger partial charge is 0.323 e. The second-order valence-electron chi connectivity index (χ2n) is 10.1. The molecule has 1 saturated carbocycles. The minimum Gasteiger partial charge on any atom is -0.497 e. The van der Waals surface area contributed by atoms with E-state index < -0.39 is 16.1 Å². The van der Waals surface area contributed by atoms with Crippen LogP contribution in [0.4, 0.5) is 21.9 Å². The molecule has 1 fully saturated rings. The quantitative estimate of drug-likeness (QED) is 0.215. The van der Waals surface area contributed by atoms with Crippen LogP contribution in [0.25, 0.3) is 0 Å². The summed E-state index contributed by atoms with van der Waals surface area (Å²) in [5, 5.41) is 9.01.